The number of carbonyl (C=O) groups is 1. The van der Waals surface area contributed by atoms with Crippen molar-refractivity contribution in [1.29, 1.82) is 0 Å². The summed E-state index contributed by atoms with van der Waals surface area (Å²) in [5, 5.41) is 0. The molecule has 0 heterocycles. The first-order valence-electron chi connectivity index (χ1n) is 6.62. The quantitative estimate of drug-likeness (QED) is 0.837. The Kier molecular flexibility index (Phi) is 5.86. The van der Waals surface area contributed by atoms with E-state index in [-0.39, 0.29) is 5.91 Å². The third kappa shape index (κ3) is 4.15. The molecule has 2 N–H and O–H groups in total. The van der Waals surface area contributed by atoms with Crippen molar-refractivity contribution in [2.24, 2.45) is 5.73 Å². The first-order chi connectivity index (χ1) is 8.58. The first kappa shape index (κ1) is 14.7. The van der Waals surface area contributed by atoms with Gasteiger partial charge in [0, 0.05) is 19.6 Å². The molecule has 100 valence electrons. The predicted octanol–water partition coefficient (Wildman–Crippen LogP) is 2.04. The second-order valence-electron chi connectivity index (χ2n) is 4.78. The Morgan fingerprint density at radius 2 is 2.00 bits per heavy atom. The molecule has 0 radical (unpaired) electrons. The maximum atomic E-state index is 12.2. The van der Waals surface area contributed by atoms with Crippen molar-refractivity contribution in [3.63, 3.8) is 0 Å². The highest BCUT2D eigenvalue weighted by atomic mass is 16.2. The zero-order valence-corrected chi connectivity index (χ0v) is 11.7. The smallest absolute Gasteiger partial charge is 0.227 e. The van der Waals surface area contributed by atoms with Gasteiger partial charge in [-0.05, 0) is 31.4 Å². The van der Waals surface area contributed by atoms with Gasteiger partial charge in [-0.3, -0.25) is 4.79 Å². The van der Waals surface area contributed by atoms with Crippen molar-refractivity contribution in [1.82, 2.24) is 4.90 Å². The molecule has 3 nitrogen and oxygen atoms in total. The highest BCUT2D eigenvalue weighted by Crippen LogP contribution is 2.12. The van der Waals surface area contributed by atoms with Crippen LogP contribution in [0.5, 0.6) is 0 Å². The van der Waals surface area contributed by atoms with Gasteiger partial charge in [-0.25, -0.2) is 0 Å². The number of hydrogen-bond donors (Lipinski definition) is 1. The van der Waals surface area contributed by atoms with E-state index in [1.165, 1.54) is 11.1 Å². The van der Waals surface area contributed by atoms with Crippen molar-refractivity contribution in [2.75, 3.05) is 19.6 Å². The van der Waals surface area contributed by atoms with E-state index in [0.717, 1.165) is 18.5 Å². The lowest BCUT2D eigenvalue weighted by molar-refractivity contribution is -0.130. The minimum absolute atomic E-state index is 0.177. The molecule has 3 heteroatoms. The van der Waals surface area contributed by atoms with Crippen LogP contribution in [0.1, 0.15) is 30.0 Å². The monoisotopic (exact) mass is 248 g/mol. The van der Waals surface area contributed by atoms with Crippen LogP contribution in [0.15, 0.2) is 18.2 Å². The SMILES string of the molecule is CCCN(CCN)C(=O)Cc1cc(C)ccc1C. The fourth-order valence-corrected chi connectivity index (χ4v) is 2.05. The number of nitrogens with two attached hydrogens (primary N) is 1. The summed E-state index contributed by atoms with van der Waals surface area (Å²) >= 11 is 0. The van der Waals surface area contributed by atoms with Crippen molar-refractivity contribution < 1.29 is 4.79 Å². The zero-order valence-electron chi connectivity index (χ0n) is 11.7. The van der Waals surface area contributed by atoms with E-state index >= 15 is 0 Å². The van der Waals surface area contributed by atoms with E-state index in [9.17, 15) is 4.79 Å². The second kappa shape index (κ2) is 7.17. The molecule has 0 saturated carbocycles. The second-order valence-corrected chi connectivity index (χ2v) is 4.78. The largest absolute Gasteiger partial charge is 0.341 e. The fraction of sp³-hybridized carbons (Fsp3) is 0.533. The molecule has 0 saturated heterocycles. The number of benzene rings is 1. The lowest BCUT2D eigenvalue weighted by Crippen LogP contribution is -2.37. The van der Waals surface area contributed by atoms with Crippen molar-refractivity contribution in [3.8, 4) is 0 Å². The van der Waals surface area contributed by atoms with Gasteiger partial charge in [0.25, 0.3) is 0 Å². The molecule has 1 aromatic rings. The molecule has 0 aliphatic heterocycles. The van der Waals surface area contributed by atoms with Gasteiger partial charge in [-0.1, -0.05) is 30.7 Å². The standard InChI is InChI=1S/C15H24N2O/c1-4-8-17(9-7-16)15(18)11-14-10-12(2)5-6-13(14)3/h5-6,10H,4,7-9,11,16H2,1-3H3. The third-order valence-electron chi connectivity index (χ3n) is 3.09. The summed E-state index contributed by atoms with van der Waals surface area (Å²) < 4.78 is 0. The molecule has 1 rings (SSSR count). The van der Waals surface area contributed by atoms with Crippen LogP contribution in [-0.2, 0) is 11.2 Å². The van der Waals surface area contributed by atoms with Crippen molar-refractivity contribution >= 4 is 5.91 Å². The average Bonchev–Trinajstić information content (AvgIpc) is 2.33. The van der Waals surface area contributed by atoms with Crippen LogP contribution in [-0.4, -0.2) is 30.4 Å². The van der Waals surface area contributed by atoms with Crippen LogP contribution in [0.2, 0.25) is 0 Å². The Labute approximate surface area is 110 Å². The highest BCUT2D eigenvalue weighted by Gasteiger charge is 2.13. The normalized spacial score (nSPS) is 10.4. The van der Waals surface area contributed by atoms with Crippen LogP contribution < -0.4 is 5.73 Å². The minimum Gasteiger partial charge on any atom is -0.341 e. The number of hydrogen-bond acceptors (Lipinski definition) is 2. The summed E-state index contributed by atoms with van der Waals surface area (Å²) in [7, 11) is 0. The molecule has 18 heavy (non-hydrogen) atoms. The van der Waals surface area contributed by atoms with Gasteiger partial charge < -0.3 is 10.6 Å². The van der Waals surface area contributed by atoms with Crippen LogP contribution in [0.25, 0.3) is 0 Å². The van der Waals surface area contributed by atoms with Crippen LogP contribution >= 0.6 is 0 Å². The van der Waals surface area contributed by atoms with Gasteiger partial charge in [0.05, 0.1) is 6.42 Å². The average molecular weight is 248 g/mol. The van der Waals surface area contributed by atoms with Gasteiger partial charge in [0.1, 0.15) is 0 Å². The number of nitrogens with zero attached hydrogens (tertiary/aromatic N) is 1. The summed E-state index contributed by atoms with van der Waals surface area (Å²) in [6, 6.07) is 6.25. The van der Waals surface area contributed by atoms with E-state index < -0.39 is 0 Å². The molecular formula is C15H24N2O. The van der Waals surface area contributed by atoms with Gasteiger partial charge >= 0.3 is 0 Å². The Hall–Kier alpha value is -1.35. The van der Waals surface area contributed by atoms with E-state index in [1.54, 1.807) is 0 Å². The Morgan fingerprint density at radius 3 is 2.61 bits per heavy atom. The number of carbonyl (C=O) groups excluding carboxylic acids is 1. The molecule has 0 bridgehead atoms. The summed E-state index contributed by atoms with van der Waals surface area (Å²) in [6.45, 7) is 8.15. The van der Waals surface area contributed by atoms with Crippen LogP contribution in [0.3, 0.4) is 0 Å². The van der Waals surface area contributed by atoms with Crippen LogP contribution in [0.4, 0.5) is 0 Å². The minimum atomic E-state index is 0.177. The Balaban J connectivity index is 2.75. The maximum Gasteiger partial charge on any atom is 0.227 e. The lowest BCUT2D eigenvalue weighted by Gasteiger charge is -2.22. The van der Waals surface area contributed by atoms with Crippen LogP contribution in [0, 0.1) is 13.8 Å². The summed E-state index contributed by atoms with van der Waals surface area (Å²) in [4.78, 5) is 14.1. The Morgan fingerprint density at radius 1 is 1.28 bits per heavy atom. The predicted molar refractivity (Wildman–Crippen MR) is 75.5 cm³/mol. The van der Waals surface area contributed by atoms with E-state index in [2.05, 4.69) is 39.0 Å². The molecule has 0 unspecified atom stereocenters. The summed E-state index contributed by atoms with van der Waals surface area (Å²) in [5.74, 6) is 0.177. The summed E-state index contributed by atoms with van der Waals surface area (Å²) in [5.41, 5.74) is 9.05. The molecule has 0 aromatic heterocycles. The maximum absolute atomic E-state index is 12.2. The lowest BCUT2D eigenvalue weighted by atomic mass is 10.0. The van der Waals surface area contributed by atoms with Gasteiger partial charge in [0.2, 0.25) is 5.91 Å². The highest BCUT2D eigenvalue weighted by molar-refractivity contribution is 5.79. The first-order valence-corrected chi connectivity index (χ1v) is 6.62. The molecular weight excluding hydrogens is 224 g/mol. The number of aryl methyl sites for hydroxylation is 2. The van der Waals surface area contributed by atoms with Gasteiger partial charge in [-0.15, -0.1) is 0 Å². The molecule has 1 amide bonds. The molecule has 0 atom stereocenters. The molecule has 1 aromatic carbocycles. The van der Waals surface area contributed by atoms with E-state index in [4.69, 9.17) is 5.73 Å². The van der Waals surface area contributed by atoms with E-state index in [1.807, 2.05) is 4.90 Å². The van der Waals surface area contributed by atoms with Gasteiger partial charge in [-0.2, -0.15) is 0 Å². The molecule has 0 fully saturated rings. The fourth-order valence-electron chi connectivity index (χ4n) is 2.05. The molecule has 0 spiro atoms. The Bertz CT molecular complexity index is 395. The molecule has 0 aliphatic rings. The molecule has 0 aliphatic carbocycles. The topological polar surface area (TPSA) is 46.3 Å². The van der Waals surface area contributed by atoms with Crippen molar-refractivity contribution in [2.45, 2.75) is 33.6 Å². The number of amides is 1. The zero-order chi connectivity index (χ0) is 13.5. The van der Waals surface area contributed by atoms with Crippen molar-refractivity contribution in [3.05, 3.63) is 34.9 Å². The number of rotatable bonds is 6. The summed E-state index contributed by atoms with van der Waals surface area (Å²) in [6.07, 6.45) is 1.45. The van der Waals surface area contributed by atoms with E-state index in [0.29, 0.717) is 19.5 Å². The third-order valence-corrected chi connectivity index (χ3v) is 3.09. The van der Waals surface area contributed by atoms with Gasteiger partial charge in [0.15, 0.2) is 0 Å².